The molecule has 0 saturated carbocycles. The summed E-state index contributed by atoms with van der Waals surface area (Å²) in [6.45, 7) is 8.74. The second-order valence-electron chi connectivity index (χ2n) is 5.76. The van der Waals surface area contributed by atoms with Crippen molar-refractivity contribution >= 4 is 0 Å². The van der Waals surface area contributed by atoms with Gasteiger partial charge in [-0.15, -0.1) is 0 Å². The first kappa shape index (κ1) is 15.8. The third kappa shape index (κ3) is 3.36. The van der Waals surface area contributed by atoms with Crippen LogP contribution in [0.1, 0.15) is 56.0 Å². The van der Waals surface area contributed by atoms with Crippen molar-refractivity contribution in [3.63, 3.8) is 0 Å². The Bertz CT molecular complexity index is 569. The Balaban J connectivity index is 2.55. The van der Waals surface area contributed by atoms with E-state index in [1.807, 2.05) is 6.92 Å². The lowest BCUT2D eigenvalue weighted by atomic mass is 9.88. The van der Waals surface area contributed by atoms with E-state index in [1.165, 1.54) is 33.4 Å². The third-order valence-electron chi connectivity index (χ3n) is 4.26. The smallest absolute Gasteiger partial charge is 0.0266 e. The van der Waals surface area contributed by atoms with Gasteiger partial charge >= 0.3 is 0 Å². The van der Waals surface area contributed by atoms with Gasteiger partial charge in [-0.2, -0.15) is 0 Å². The minimum atomic E-state index is 0.0952. The highest BCUT2D eigenvalue weighted by molar-refractivity contribution is 5.72. The van der Waals surface area contributed by atoms with E-state index in [1.54, 1.807) is 0 Å². The fraction of sp³-hybridized carbons (Fsp3) is 0.400. The van der Waals surface area contributed by atoms with E-state index in [0.717, 1.165) is 19.3 Å². The van der Waals surface area contributed by atoms with Crippen molar-refractivity contribution in [3.8, 4) is 11.1 Å². The van der Waals surface area contributed by atoms with Crippen LogP contribution in [0.2, 0.25) is 0 Å². The predicted octanol–water partition coefficient (Wildman–Crippen LogP) is 5.06. The number of aryl methyl sites for hydroxylation is 3. The molecule has 0 heterocycles. The SMILES string of the molecule is CCc1cc(CC)c(-c2ccc(C(C)N)cc2)c(CC)c1. The van der Waals surface area contributed by atoms with Crippen molar-refractivity contribution in [2.45, 2.75) is 53.0 Å². The second kappa shape index (κ2) is 6.91. The fourth-order valence-electron chi connectivity index (χ4n) is 2.93. The van der Waals surface area contributed by atoms with Gasteiger partial charge in [-0.1, -0.05) is 57.2 Å². The Morgan fingerprint density at radius 3 is 1.76 bits per heavy atom. The summed E-state index contributed by atoms with van der Waals surface area (Å²) in [5.74, 6) is 0. The third-order valence-corrected chi connectivity index (χ3v) is 4.26. The Kier molecular flexibility index (Phi) is 5.19. The predicted molar refractivity (Wildman–Crippen MR) is 92.6 cm³/mol. The highest BCUT2D eigenvalue weighted by atomic mass is 14.6. The molecule has 0 saturated heterocycles. The van der Waals surface area contributed by atoms with Crippen LogP contribution < -0.4 is 5.73 Å². The molecule has 21 heavy (non-hydrogen) atoms. The highest BCUT2D eigenvalue weighted by Crippen LogP contribution is 2.31. The molecule has 0 aromatic heterocycles. The maximum Gasteiger partial charge on any atom is 0.0266 e. The fourth-order valence-corrected chi connectivity index (χ4v) is 2.93. The lowest BCUT2D eigenvalue weighted by Gasteiger charge is -2.16. The molecule has 1 unspecified atom stereocenters. The van der Waals surface area contributed by atoms with Crippen LogP contribution in [0.15, 0.2) is 36.4 Å². The number of nitrogens with two attached hydrogens (primary N) is 1. The van der Waals surface area contributed by atoms with Crippen LogP contribution in [-0.2, 0) is 19.3 Å². The molecule has 0 aliphatic carbocycles. The minimum Gasteiger partial charge on any atom is -0.324 e. The van der Waals surface area contributed by atoms with Crippen LogP contribution in [0.3, 0.4) is 0 Å². The second-order valence-corrected chi connectivity index (χ2v) is 5.76. The molecule has 2 N–H and O–H groups in total. The molecule has 1 nitrogen and oxygen atoms in total. The van der Waals surface area contributed by atoms with Crippen molar-refractivity contribution in [3.05, 3.63) is 58.7 Å². The average molecular weight is 281 g/mol. The molecule has 112 valence electrons. The van der Waals surface area contributed by atoms with E-state index in [2.05, 4.69) is 57.2 Å². The summed E-state index contributed by atoms with van der Waals surface area (Å²) in [5.41, 5.74) is 14.2. The Morgan fingerprint density at radius 2 is 1.38 bits per heavy atom. The first-order valence-corrected chi connectivity index (χ1v) is 8.11. The van der Waals surface area contributed by atoms with Gasteiger partial charge in [0.05, 0.1) is 0 Å². The van der Waals surface area contributed by atoms with E-state index in [9.17, 15) is 0 Å². The Morgan fingerprint density at radius 1 is 0.857 bits per heavy atom. The number of hydrogen-bond donors (Lipinski definition) is 1. The Labute approximate surface area is 129 Å². The molecule has 0 radical (unpaired) electrons. The molecule has 2 rings (SSSR count). The van der Waals surface area contributed by atoms with Gasteiger partial charge in [0.25, 0.3) is 0 Å². The van der Waals surface area contributed by atoms with E-state index in [0.29, 0.717) is 0 Å². The summed E-state index contributed by atoms with van der Waals surface area (Å²) in [4.78, 5) is 0. The van der Waals surface area contributed by atoms with Gasteiger partial charge in [0, 0.05) is 6.04 Å². The largest absolute Gasteiger partial charge is 0.324 e. The van der Waals surface area contributed by atoms with E-state index in [4.69, 9.17) is 5.73 Å². The van der Waals surface area contributed by atoms with Crippen LogP contribution in [0, 0.1) is 0 Å². The minimum absolute atomic E-state index is 0.0952. The van der Waals surface area contributed by atoms with Gasteiger partial charge in [-0.3, -0.25) is 0 Å². The first-order chi connectivity index (χ1) is 10.1. The zero-order valence-electron chi connectivity index (χ0n) is 13.7. The number of rotatable bonds is 5. The van der Waals surface area contributed by atoms with Crippen LogP contribution in [0.4, 0.5) is 0 Å². The van der Waals surface area contributed by atoms with Crippen LogP contribution in [-0.4, -0.2) is 0 Å². The van der Waals surface area contributed by atoms with Crippen molar-refractivity contribution in [2.24, 2.45) is 5.73 Å². The van der Waals surface area contributed by atoms with Gasteiger partial charge in [0.1, 0.15) is 0 Å². The molecule has 1 heteroatoms. The summed E-state index contributed by atoms with van der Waals surface area (Å²) in [5, 5.41) is 0. The standard InChI is InChI=1S/C20H27N/c1-5-15-12-16(6-2)20(17(7-3)13-15)19-10-8-18(9-11-19)14(4)21/h8-14H,5-7,21H2,1-4H3. The van der Waals surface area contributed by atoms with Crippen molar-refractivity contribution in [1.82, 2.24) is 0 Å². The zero-order valence-corrected chi connectivity index (χ0v) is 13.7. The van der Waals surface area contributed by atoms with Crippen LogP contribution in [0.5, 0.6) is 0 Å². The normalized spacial score (nSPS) is 12.4. The summed E-state index contributed by atoms with van der Waals surface area (Å²) in [6.07, 6.45) is 3.25. The maximum absolute atomic E-state index is 5.95. The molecule has 0 fully saturated rings. The zero-order chi connectivity index (χ0) is 15.4. The molecule has 2 aromatic carbocycles. The quantitative estimate of drug-likeness (QED) is 0.814. The van der Waals surface area contributed by atoms with Crippen molar-refractivity contribution in [1.29, 1.82) is 0 Å². The first-order valence-electron chi connectivity index (χ1n) is 8.11. The summed E-state index contributed by atoms with van der Waals surface area (Å²) in [7, 11) is 0. The van der Waals surface area contributed by atoms with Gasteiger partial charge < -0.3 is 5.73 Å². The Hall–Kier alpha value is -1.60. The number of benzene rings is 2. The highest BCUT2D eigenvalue weighted by Gasteiger charge is 2.11. The number of hydrogen-bond acceptors (Lipinski definition) is 1. The van der Waals surface area contributed by atoms with Crippen LogP contribution >= 0.6 is 0 Å². The monoisotopic (exact) mass is 281 g/mol. The topological polar surface area (TPSA) is 26.0 Å². The van der Waals surface area contributed by atoms with Gasteiger partial charge in [0.2, 0.25) is 0 Å². The maximum atomic E-state index is 5.95. The van der Waals surface area contributed by atoms with E-state index in [-0.39, 0.29) is 6.04 Å². The van der Waals surface area contributed by atoms with E-state index >= 15 is 0 Å². The van der Waals surface area contributed by atoms with Crippen LogP contribution in [0.25, 0.3) is 11.1 Å². The molecule has 0 aliphatic rings. The van der Waals surface area contributed by atoms with Crippen molar-refractivity contribution in [2.75, 3.05) is 0 Å². The molecule has 1 atom stereocenters. The van der Waals surface area contributed by atoms with Gasteiger partial charge in [-0.25, -0.2) is 0 Å². The van der Waals surface area contributed by atoms with Gasteiger partial charge in [-0.05, 0) is 59.6 Å². The van der Waals surface area contributed by atoms with E-state index < -0.39 is 0 Å². The van der Waals surface area contributed by atoms with Crippen molar-refractivity contribution < 1.29 is 0 Å². The molecule has 0 amide bonds. The summed E-state index contributed by atoms with van der Waals surface area (Å²) < 4.78 is 0. The van der Waals surface area contributed by atoms with Gasteiger partial charge in [0.15, 0.2) is 0 Å². The molecular formula is C20H27N. The molecule has 2 aromatic rings. The molecular weight excluding hydrogens is 254 g/mol. The average Bonchev–Trinajstić information content (AvgIpc) is 2.53. The lowest BCUT2D eigenvalue weighted by Crippen LogP contribution is -2.04. The summed E-state index contributed by atoms with van der Waals surface area (Å²) in [6, 6.07) is 13.6. The molecule has 0 bridgehead atoms. The summed E-state index contributed by atoms with van der Waals surface area (Å²) >= 11 is 0. The molecule has 0 aliphatic heterocycles. The molecule has 0 spiro atoms. The lowest BCUT2D eigenvalue weighted by molar-refractivity contribution is 0.818.